The number of tetrazole rings is 1. The summed E-state index contributed by atoms with van der Waals surface area (Å²) in [6, 6.07) is -0.325. The molecule has 1 unspecified atom stereocenters. The molecule has 2 N–H and O–H groups in total. The number of carbonyl (C=O) groups excluding carboxylic acids is 1. The molecule has 1 aromatic heterocycles. The quantitative estimate of drug-likeness (QED) is 0.751. The third-order valence-corrected chi connectivity index (χ3v) is 5.57. The number of nitrogens with zero attached hydrogens (tertiary/aromatic N) is 4. The Bertz CT molecular complexity index is 565. The Labute approximate surface area is 123 Å². The number of carbonyl (C=O) groups is 1. The molecule has 1 fully saturated rings. The van der Waals surface area contributed by atoms with Gasteiger partial charge in [0, 0.05) is 19.0 Å². The number of hydrogen-bond donors (Lipinski definition) is 2. The van der Waals surface area contributed by atoms with Gasteiger partial charge >= 0.3 is 0 Å². The molecule has 21 heavy (non-hydrogen) atoms. The summed E-state index contributed by atoms with van der Waals surface area (Å²) in [4.78, 5) is 12.2. The van der Waals surface area contributed by atoms with Gasteiger partial charge in [-0.2, -0.15) is 5.21 Å². The number of H-pyrrole nitrogens is 1. The summed E-state index contributed by atoms with van der Waals surface area (Å²) in [6.07, 6.45) is 1.06. The van der Waals surface area contributed by atoms with Crippen LogP contribution in [0.5, 0.6) is 0 Å². The van der Waals surface area contributed by atoms with Gasteiger partial charge in [0.05, 0.1) is 11.8 Å². The summed E-state index contributed by atoms with van der Waals surface area (Å²) in [5.74, 6) is 0.247. The molecule has 0 aromatic carbocycles. The van der Waals surface area contributed by atoms with Crippen LogP contribution in [0.1, 0.15) is 38.6 Å². The van der Waals surface area contributed by atoms with E-state index in [1.165, 1.54) is 4.31 Å². The zero-order valence-corrected chi connectivity index (χ0v) is 12.9. The number of hydrogen-bond acceptors (Lipinski definition) is 6. The maximum absolute atomic E-state index is 12.2. The van der Waals surface area contributed by atoms with Crippen molar-refractivity contribution in [3.8, 4) is 0 Å². The van der Waals surface area contributed by atoms with Crippen molar-refractivity contribution < 1.29 is 13.2 Å². The third-order valence-electron chi connectivity index (χ3n) is 3.69. The van der Waals surface area contributed by atoms with Crippen LogP contribution in [0.25, 0.3) is 0 Å². The standard InChI is InChI=1S/C11H20N6O3S/c1-3-21(19,20)17-6-4-9(5-7-17)11(18)12-8(2)10-13-15-16-14-10/h8-9H,3-7H2,1-2H3,(H,12,18)(H,13,14,15,16). The van der Waals surface area contributed by atoms with E-state index in [9.17, 15) is 13.2 Å². The van der Waals surface area contributed by atoms with Gasteiger partial charge in [-0.15, -0.1) is 10.2 Å². The van der Waals surface area contributed by atoms with E-state index in [2.05, 4.69) is 25.9 Å². The molecule has 1 atom stereocenters. The smallest absolute Gasteiger partial charge is 0.223 e. The molecule has 10 heteroatoms. The Morgan fingerprint density at radius 3 is 2.67 bits per heavy atom. The molecule has 1 saturated heterocycles. The second-order valence-electron chi connectivity index (χ2n) is 5.07. The predicted octanol–water partition coefficient (Wildman–Crippen LogP) is -0.561. The Morgan fingerprint density at radius 1 is 1.48 bits per heavy atom. The lowest BCUT2D eigenvalue weighted by Gasteiger charge is -2.30. The van der Waals surface area contributed by atoms with Gasteiger partial charge in [-0.3, -0.25) is 4.79 Å². The molecule has 0 saturated carbocycles. The minimum atomic E-state index is -3.16. The van der Waals surface area contributed by atoms with Gasteiger partial charge in [-0.05, 0) is 26.7 Å². The molecular formula is C11H20N6O3S. The van der Waals surface area contributed by atoms with Crippen molar-refractivity contribution in [2.45, 2.75) is 32.7 Å². The lowest BCUT2D eigenvalue weighted by molar-refractivity contribution is -0.126. The Morgan fingerprint density at radius 2 is 2.14 bits per heavy atom. The second kappa shape index (κ2) is 6.48. The molecule has 118 valence electrons. The van der Waals surface area contributed by atoms with Crippen LogP contribution in [0.3, 0.4) is 0 Å². The summed E-state index contributed by atoms with van der Waals surface area (Å²) < 4.78 is 25.0. The van der Waals surface area contributed by atoms with Gasteiger partial charge in [0.2, 0.25) is 15.9 Å². The van der Waals surface area contributed by atoms with Crippen LogP contribution >= 0.6 is 0 Å². The van der Waals surface area contributed by atoms with E-state index in [1.54, 1.807) is 13.8 Å². The maximum Gasteiger partial charge on any atom is 0.223 e. The molecule has 2 heterocycles. The molecule has 1 aliphatic heterocycles. The molecule has 1 amide bonds. The van der Waals surface area contributed by atoms with Crippen LogP contribution in [-0.4, -0.2) is 58.1 Å². The van der Waals surface area contributed by atoms with Gasteiger partial charge < -0.3 is 5.32 Å². The topological polar surface area (TPSA) is 121 Å². The Hall–Kier alpha value is -1.55. The number of sulfonamides is 1. The Balaban J connectivity index is 1.86. The molecule has 0 bridgehead atoms. The first-order valence-corrected chi connectivity index (χ1v) is 8.56. The van der Waals surface area contributed by atoms with Gasteiger partial charge in [0.15, 0.2) is 5.82 Å². The molecular weight excluding hydrogens is 296 g/mol. The summed E-state index contributed by atoms with van der Waals surface area (Å²) >= 11 is 0. The summed E-state index contributed by atoms with van der Waals surface area (Å²) in [7, 11) is -3.16. The van der Waals surface area contributed by atoms with E-state index in [0.29, 0.717) is 31.8 Å². The van der Waals surface area contributed by atoms with Crippen molar-refractivity contribution >= 4 is 15.9 Å². The maximum atomic E-state index is 12.2. The van der Waals surface area contributed by atoms with E-state index in [0.717, 1.165) is 0 Å². The molecule has 0 aliphatic carbocycles. The minimum absolute atomic E-state index is 0.0960. The summed E-state index contributed by atoms with van der Waals surface area (Å²) in [6.45, 7) is 4.19. The summed E-state index contributed by atoms with van der Waals surface area (Å²) in [5, 5.41) is 16.3. The van der Waals surface area contributed by atoms with Crippen LogP contribution in [0.15, 0.2) is 0 Å². The zero-order valence-electron chi connectivity index (χ0n) is 12.1. The number of rotatable bonds is 5. The normalized spacial score (nSPS) is 19.3. The fourth-order valence-corrected chi connectivity index (χ4v) is 3.46. The fourth-order valence-electron chi connectivity index (χ4n) is 2.33. The highest BCUT2D eigenvalue weighted by Crippen LogP contribution is 2.21. The largest absolute Gasteiger partial charge is 0.346 e. The highest BCUT2D eigenvalue weighted by Gasteiger charge is 2.30. The highest BCUT2D eigenvalue weighted by molar-refractivity contribution is 7.89. The van der Waals surface area contributed by atoms with E-state index >= 15 is 0 Å². The number of piperidine rings is 1. The van der Waals surface area contributed by atoms with Gasteiger partial charge in [0.1, 0.15) is 0 Å². The van der Waals surface area contributed by atoms with Crippen LogP contribution in [0, 0.1) is 5.92 Å². The zero-order chi connectivity index (χ0) is 15.5. The van der Waals surface area contributed by atoms with E-state index < -0.39 is 10.0 Å². The van der Waals surface area contributed by atoms with Gasteiger partial charge in [0.25, 0.3) is 0 Å². The first-order chi connectivity index (χ1) is 9.94. The molecule has 1 aliphatic rings. The average molecular weight is 316 g/mol. The van der Waals surface area contributed by atoms with Crippen LogP contribution in [-0.2, 0) is 14.8 Å². The lowest BCUT2D eigenvalue weighted by Crippen LogP contribution is -2.44. The first kappa shape index (κ1) is 15.8. The molecule has 0 radical (unpaired) electrons. The van der Waals surface area contributed by atoms with Crippen molar-refractivity contribution in [2.24, 2.45) is 5.92 Å². The lowest BCUT2D eigenvalue weighted by atomic mass is 9.97. The Kier molecular flexibility index (Phi) is 4.88. The van der Waals surface area contributed by atoms with Gasteiger partial charge in [-0.25, -0.2) is 12.7 Å². The number of amides is 1. The van der Waals surface area contributed by atoms with E-state index in [4.69, 9.17) is 0 Å². The molecule has 9 nitrogen and oxygen atoms in total. The van der Waals surface area contributed by atoms with Crippen LogP contribution in [0.2, 0.25) is 0 Å². The number of nitrogens with one attached hydrogen (secondary N) is 2. The van der Waals surface area contributed by atoms with Crippen molar-refractivity contribution in [3.05, 3.63) is 5.82 Å². The van der Waals surface area contributed by atoms with Crippen molar-refractivity contribution in [3.63, 3.8) is 0 Å². The second-order valence-corrected chi connectivity index (χ2v) is 7.33. The van der Waals surface area contributed by atoms with Crippen molar-refractivity contribution in [1.29, 1.82) is 0 Å². The van der Waals surface area contributed by atoms with Crippen molar-refractivity contribution in [1.82, 2.24) is 30.2 Å². The van der Waals surface area contributed by atoms with Crippen molar-refractivity contribution in [2.75, 3.05) is 18.8 Å². The number of aromatic amines is 1. The van der Waals surface area contributed by atoms with E-state index in [1.807, 2.05) is 0 Å². The first-order valence-electron chi connectivity index (χ1n) is 6.95. The summed E-state index contributed by atoms with van der Waals surface area (Å²) in [5.41, 5.74) is 0. The molecule has 2 rings (SSSR count). The third kappa shape index (κ3) is 3.76. The molecule has 1 aromatic rings. The number of aromatic nitrogens is 4. The fraction of sp³-hybridized carbons (Fsp3) is 0.818. The minimum Gasteiger partial charge on any atom is -0.346 e. The van der Waals surface area contributed by atoms with Gasteiger partial charge in [-0.1, -0.05) is 5.21 Å². The SMILES string of the molecule is CCS(=O)(=O)N1CCC(C(=O)NC(C)c2nn[nH]n2)CC1. The highest BCUT2D eigenvalue weighted by atomic mass is 32.2. The van der Waals surface area contributed by atoms with Crippen LogP contribution in [0.4, 0.5) is 0 Å². The predicted molar refractivity (Wildman–Crippen MR) is 74.5 cm³/mol. The molecule has 0 spiro atoms. The average Bonchev–Trinajstić information content (AvgIpc) is 3.01. The van der Waals surface area contributed by atoms with E-state index in [-0.39, 0.29) is 23.6 Å². The van der Waals surface area contributed by atoms with Crippen LogP contribution < -0.4 is 5.32 Å². The monoisotopic (exact) mass is 316 g/mol.